The summed E-state index contributed by atoms with van der Waals surface area (Å²) < 4.78 is 5.03. The van der Waals surface area contributed by atoms with Crippen LogP contribution in [0, 0.1) is 5.92 Å². The molecule has 0 fully saturated rings. The maximum absolute atomic E-state index is 11.7. The van der Waals surface area contributed by atoms with Crippen LogP contribution >= 0.6 is 11.6 Å². The van der Waals surface area contributed by atoms with Crippen LogP contribution < -0.4 is 5.32 Å². The van der Waals surface area contributed by atoms with Gasteiger partial charge in [0.25, 0.3) is 0 Å². The van der Waals surface area contributed by atoms with Gasteiger partial charge in [0.1, 0.15) is 6.04 Å². The molecule has 0 amide bonds. The second kappa shape index (κ2) is 6.50. The number of rotatable bonds is 5. The molecule has 1 aromatic rings. The van der Waals surface area contributed by atoms with Crippen LogP contribution in [-0.4, -0.2) is 18.6 Å². The van der Waals surface area contributed by atoms with Crippen LogP contribution in [0.1, 0.15) is 20.8 Å². The average molecular weight is 256 g/mol. The lowest BCUT2D eigenvalue weighted by molar-refractivity contribution is -0.145. The molecule has 0 radical (unpaired) electrons. The van der Waals surface area contributed by atoms with Gasteiger partial charge in [0.15, 0.2) is 0 Å². The summed E-state index contributed by atoms with van der Waals surface area (Å²) in [7, 11) is 0. The van der Waals surface area contributed by atoms with E-state index in [4.69, 9.17) is 16.3 Å². The molecule has 0 heterocycles. The van der Waals surface area contributed by atoms with Gasteiger partial charge in [0, 0.05) is 10.7 Å². The Kier molecular flexibility index (Phi) is 5.29. The van der Waals surface area contributed by atoms with Crippen molar-refractivity contribution in [2.75, 3.05) is 11.9 Å². The number of nitrogens with one attached hydrogen (secondary N) is 1. The van der Waals surface area contributed by atoms with Gasteiger partial charge in [0.05, 0.1) is 6.61 Å². The van der Waals surface area contributed by atoms with E-state index in [1.54, 1.807) is 19.1 Å². The van der Waals surface area contributed by atoms with Gasteiger partial charge in [-0.25, -0.2) is 4.79 Å². The third-order valence-electron chi connectivity index (χ3n) is 2.37. The molecular weight excluding hydrogens is 238 g/mol. The van der Waals surface area contributed by atoms with E-state index in [0.29, 0.717) is 11.6 Å². The minimum atomic E-state index is -0.337. The molecule has 0 aliphatic rings. The number of anilines is 1. The fraction of sp³-hybridized carbons (Fsp3) is 0.462. The summed E-state index contributed by atoms with van der Waals surface area (Å²) in [6, 6.07) is 6.92. The zero-order valence-electron chi connectivity index (χ0n) is 10.4. The number of carbonyl (C=O) groups is 1. The smallest absolute Gasteiger partial charge is 0.328 e. The van der Waals surface area contributed by atoms with Crippen LogP contribution in [0.5, 0.6) is 0 Å². The van der Waals surface area contributed by atoms with Gasteiger partial charge in [-0.1, -0.05) is 25.4 Å². The Bertz CT molecular complexity index is 362. The van der Waals surface area contributed by atoms with Gasteiger partial charge in [-0.05, 0) is 37.1 Å². The largest absolute Gasteiger partial charge is 0.464 e. The summed E-state index contributed by atoms with van der Waals surface area (Å²) in [5.41, 5.74) is 0.862. The maximum atomic E-state index is 11.7. The number of esters is 1. The summed E-state index contributed by atoms with van der Waals surface area (Å²) >= 11 is 5.80. The highest BCUT2D eigenvalue weighted by atomic mass is 35.5. The van der Waals surface area contributed by atoms with E-state index in [1.807, 2.05) is 26.0 Å². The van der Waals surface area contributed by atoms with E-state index >= 15 is 0 Å². The van der Waals surface area contributed by atoms with Gasteiger partial charge in [-0.15, -0.1) is 0 Å². The Hall–Kier alpha value is -1.22. The van der Waals surface area contributed by atoms with E-state index in [2.05, 4.69) is 5.32 Å². The molecule has 4 heteroatoms. The second-order valence-corrected chi connectivity index (χ2v) is 4.56. The van der Waals surface area contributed by atoms with Crippen LogP contribution in [-0.2, 0) is 9.53 Å². The lowest BCUT2D eigenvalue weighted by Crippen LogP contribution is -2.36. The first-order valence-electron chi connectivity index (χ1n) is 5.73. The van der Waals surface area contributed by atoms with E-state index in [9.17, 15) is 4.79 Å². The number of hydrogen-bond acceptors (Lipinski definition) is 3. The number of hydrogen-bond donors (Lipinski definition) is 1. The van der Waals surface area contributed by atoms with Crippen molar-refractivity contribution in [3.63, 3.8) is 0 Å². The molecule has 1 aromatic carbocycles. The third-order valence-corrected chi connectivity index (χ3v) is 2.63. The van der Waals surface area contributed by atoms with Crippen molar-refractivity contribution in [1.82, 2.24) is 0 Å². The number of ether oxygens (including phenoxy) is 1. The predicted molar refractivity (Wildman–Crippen MR) is 70.3 cm³/mol. The first-order valence-corrected chi connectivity index (χ1v) is 6.11. The van der Waals surface area contributed by atoms with Crippen molar-refractivity contribution in [1.29, 1.82) is 0 Å². The van der Waals surface area contributed by atoms with Gasteiger partial charge in [-0.3, -0.25) is 0 Å². The van der Waals surface area contributed by atoms with Crippen LogP contribution in [0.3, 0.4) is 0 Å². The molecule has 0 aliphatic heterocycles. The molecule has 17 heavy (non-hydrogen) atoms. The highest BCUT2D eigenvalue weighted by Crippen LogP contribution is 2.17. The average Bonchev–Trinajstić information content (AvgIpc) is 2.28. The predicted octanol–water partition coefficient (Wildman–Crippen LogP) is 3.34. The Labute approximate surface area is 107 Å². The molecule has 0 saturated carbocycles. The van der Waals surface area contributed by atoms with E-state index < -0.39 is 0 Å². The van der Waals surface area contributed by atoms with Gasteiger partial charge in [-0.2, -0.15) is 0 Å². The monoisotopic (exact) mass is 255 g/mol. The van der Waals surface area contributed by atoms with Crippen molar-refractivity contribution in [2.45, 2.75) is 26.8 Å². The molecule has 1 unspecified atom stereocenters. The van der Waals surface area contributed by atoms with E-state index in [1.165, 1.54) is 0 Å². The van der Waals surface area contributed by atoms with Crippen LogP contribution in [0.4, 0.5) is 5.69 Å². The summed E-state index contributed by atoms with van der Waals surface area (Å²) in [6.45, 7) is 6.15. The fourth-order valence-corrected chi connectivity index (χ4v) is 1.58. The Morgan fingerprint density at radius 2 is 1.94 bits per heavy atom. The molecule has 1 rings (SSSR count). The molecule has 94 valence electrons. The third kappa shape index (κ3) is 4.27. The summed E-state index contributed by atoms with van der Waals surface area (Å²) in [6.07, 6.45) is 0. The van der Waals surface area contributed by atoms with Crippen molar-refractivity contribution in [2.24, 2.45) is 5.92 Å². The zero-order valence-corrected chi connectivity index (χ0v) is 11.1. The Morgan fingerprint density at radius 1 is 1.35 bits per heavy atom. The minimum Gasteiger partial charge on any atom is -0.464 e. The molecule has 0 aliphatic carbocycles. The summed E-state index contributed by atoms with van der Waals surface area (Å²) in [5, 5.41) is 3.83. The normalized spacial score (nSPS) is 12.3. The molecular formula is C13H18ClNO2. The van der Waals surface area contributed by atoms with Gasteiger partial charge in [0.2, 0.25) is 0 Å². The maximum Gasteiger partial charge on any atom is 0.328 e. The fourth-order valence-electron chi connectivity index (χ4n) is 1.46. The van der Waals surface area contributed by atoms with Crippen molar-refractivity contribution < 1.29 is 9.53 Å². The molecule has 0 saturated heterocycles. The molecule has 1 atom stereocenters. The highest BCUT2D eigenvalue weighted by Gasteiger charge is 2.23. The quantitative estimate of drug-likeness (QED) is 0.820. The number of carbonyl (C=O) groups excluding carboxylic acids is 1. The molecule has 1 N–H and O–H groups in total. The van der Waals surface area contributed by atoms with Crippen LogP contribution in [0.2, 0.25) is 5.02 Å². The number of benzene rings is 1. The van der Waals surface area contributed by atoms with Crippen molar-refractivity contribution >= 4 is 23.3 Å². The standard InChI is InChI=1S/C13H18ClNO2/c1-4-17-13(16)12(9(2)3)15-11-7-5-10(14)6-8-11/h5-9,12,15H,4H2,1-3H3. The summed E-state index contributed by atoms with van der Waals surface area (Å²) in [4.78, 5) is 11.7. The highest BCUT2D eigenvalue weighted by molar-refractivity contribution is 6.30. The topological polar surface area (TPSA) is 38.3 Å². The first-order chi connectivity index (χ1) is 8.04. The van der Waals surface area contributed by atoms with Crippen LogP contribution in [0.15, 0.2) is 24.3 Å². The van der Waals surface area contributed by atoms with Crippen molar-refractivity contribution in [3.05, 3.63) is 29.3 Å². The van der Waals surface area contributed by atoms with E-state index in [0.717, 1.165) is 5.69 Å². The molecule has 0 aromatic heterocycles. The first kappa shape index (κ1) is 13.8. The van der Waals surface area contributed by atoms with Crippen LogP contribution in [0.25, 0.3) is 0 Å². The Balaban J connectivity index is 2.73. The van der Waals surface area contributed by atoms with E-state index in [-0.39, 0.29) is 17.9 Å². The molecule has 3 nitrogen and oxygen atoms in total. The zero-order chi connectivity index (χ0) is 12.8. The number of halogens is 1. The van der Waals surface area contributed by atoms with Gasteiger partial charge < -0.3 is 10.1 Å². The molecule has 0 bridgehead atoms. The lowest BCUT2D eigenvalue weighted by atomic mass is 10.0. The Morgan fingerprint density at radius 3 is 2.41 bits per heavy atom. The van der Waals surface area contributed by atoms with Crippen molar-refractivity contribution in [3.8, 4) is 0 Å². The molecule has 0 spiro atoms. The lowest BCUT2D eigenvalue weighted by Gasteiger charge is -2.21. The van der Waals surface area contributed by atoms with Gasteiger partial charge >= 0.3 is 5.97 Å². The summed E-state index contributed by atoms with van der Waals surface area (Å²) in [5.74, 6) is -0.0674. The second-order valence-electron chi connectivity index (χ2n) is 4.12. The SMILES string of the molecule is CCOC(=O)C(Nc1ccc(Cl)cc1)C(C)C. The minimum absolute atomic E-state index is 0.157.